The maximum atomic E-state index is 12.3. The average molecular weight is 425 g/mol. The van der Waals surface area contributed by atoms with Gasteiger partial charge < -0.3 is 15.4 Å². The number of halogens is 3. The largest absolute Gasteiger partial charge is 0.573 e. The van der Waals surface area contributed by atoms with Crippen LogP contribution >= 0.6 is 0 Å². The molecule has 2 N–H and O–H groups in total. The number of hydrogen-bond acceptors (Lipinski definition) is 4. The number of alkyl halides is 3. The first-order chi connectivity index (χ1) is 14.3. The second-order valence-electron chi connectivity index (χ2n) is 8.52. The second-order valence-corrected chi connectivity index (χ2v) is 8.52. The standard InChI is InChI=1S/C21H26F3N3O3/c22-21(23,24)30-15-7-3-4-13(8-15)20(29)25-9-16-17-10-27(11-18(16)17)12-19(28)26-14-5-1-2-6-14/h3-4,7-8,14,16-18H,1-2,5-6,9-12H2,(H,25,29)(H,26,28). The summed E-state index contributed by atoms with van der Waals surface area (Å²) in [6.45, 7) is 2.60. The lowest BCUT2D eigenvalue weighted by molar-refractivity contribution is -0.274. The molecule has 4 rings (SSSR count). The van der Waals surface area contributed by atoms with Crippen molar-refractivity contribution in [3.63, 3.8) is 0 Å². The molecule has 1 aromatic carbocycles. The number of likely N-dealkylation sites (tertiary alicyclic amines) is 1. The predicted molar refractivity (Wildman–Crippen MR) is 103 cm³/mol. The molecule has 1 aliphatic heterocycles. The van der Waals surface area contributed by atoms with Crippen molar-refractivity contribution in [2.45, 2.75) is 38.1 Å². The minimum Gasteiger partial charge on any atom is -0.406 e. The van der Waals surface area contributed by atoms with Crippen LogP contribution in [0.4, 0.5) is 13.2 Å². The number of carbonyl (C=O) groups is 2. The van der Waals surface area contributed by atoms with E-state index in [-0.39, 0.29) is 11.5 Å². The van der Waals surface area contributed by atoms with Crippen LogP contribution in [-0.2, 0) is 4.79 Å². The number of nitrogens with zero attached hydrogens (tertiary/aromatic N) is 1. The molecule has 1 saturated heterocycles. The molecule has 9 heteroatoms. The highest BCUT2D eigenvalue weighted by atomic mass is 19.4. The third kappa shape index (κ3) is 5.24. The van der Waals surface area contributed by atoms with E-state index in [0.29, 0.717) is 36.9 Å². The van der Waals surface area contributed by atoms with Crippen molar-refractivity contribution < 1.29 is 27.5 Å². The van der Waals surface area contributed by atoms with Gasteiger partial charge in [-0.1, -0.05) is 18.9 Å². The van der Waals surface area contributed by atoms with Crippen LogP contribution in [0.15, 0.2) is 24.3 Å². The fourth-order valence-electron chi connectivity index (χ4n) is 4.86. The molecule has 0 spiro atoms. The van der Waals surface area contributed by atoms with Gasteiger partial charge in [0.15, 0.2) is 0 Å². The third-order valence-corrected chi connectivity index (χ3v) is 6.36. The van der Waals surface area contributed by atoms with Gasteiger partial charge in [-0.25, -0.2) is 0 Å². The van der Waals surface area contributed by atoms with E-state index in [1.165, 1.54) is 25.0 Å². The van der Waals surface area contributed by atoms with Gasteiger partial charge in [0.2, 0.25) is 5.91 Å². The molecule has 2 aliphatic carbocycles. The van der Waals surface area contributed by atoms with Crippen molar-refractivity contribution in [2.75, 3.05) is 26.2 Å². The molecule has 2 unspecified atom stereocenters. The van der Waals surface area contributed by atoms with Gasteiger partial charge in [0, 0.05) is 31.2 Å². The minimum absolute atomic E-state index is 0.0917. The van der Waals surface area contributed by atoms with E-state index in [0.717, 1.165) is 38.1 Å². The van der Waals surface area contributed by atoms with Crippen LogP contribution in [0, 0.1) is 17.8 Å². The Kier molecular flexibility index (Phi) is 5.90. The molecule has 0 aromatic heterocycles. The van der Waals surface area contributed by atoms with Gasteiger partial charge in [-0.15, -0.1) is 13.2 Å². The van der Waals surface area contributed by atoms with Crippen molar-refractivity contribution in [3.8, 4) is 5.75 Å². The first-order valence-electron chi connectivity index (χ1n) is 10.4. The summed E-state index contributed by atoms with van der Waals surface area (Å²) in [5.74, 6) is 0.547. The first-order valence-corrected chi connectivity index (χ1v) is 10.4. The highest BCUT2D eigenvalue weighted by Gasteiger charge is 2.55. The Morgan fingerprint density at radius 3 is 2.50 bits per heavy atom. The molecule has 6 nitrogen and oxygen atoms in total. The third-order valence-electron chi connectivity index (χ3n) is 6.36. The van der Waals surface area contributed by atoms with Crippen LogP contribution in [0.2, 0.25) is 0 Å². The summed E-state index contributed by atoms with van der Waals surface area (Å²) in [5, 5.41) is 5.92. The summed E-state index contributed by atoms with van der Waals surface area (Å²) in [7, 11) is 0. The monoisotopic (exact) mass is 425 g/mol. The van der Waals surface area contributed by atoms with Gasteiger partial charge in [-0.2, -0.15) is 0 Å². The Morgan fingerprint density at radius 1 is 1.13 bits per heavy atom. The lowest BCUT2D eigenvalue weighted by atomic mass is 10.2. The molecule has 3 fully saturated rings. The highest BCUT2D eigenvalue weighted by Crippen LogP contribution is 2.51. The number of piperidine rings is 1. The maximum absolute atomic E-state index is 12.3. The fraction of sp³-hybridized carbons (Fsp3) is 0.619. The zero-order valence-corrected chi connectivity index (χ0v) is 16.6. The molecule has 164 valence electrons. The summed E-state index contributed by atoms with van der Waals surface area (Å²) in [6, 6.07) is 5.39. The molecule has 2 atom stereocenters. The van der Waals surface area contributed by atoms with E-state index in [1.54, 1.807) is 0 Å². The number of amides is 2. The van der Waals surface area contributed by atoms with Crippen LogP contribution in [0.25, 0.3) is 0 Å². The van der Waals surface area contributed by atoms with Crippen LogP contribution in [0.1, 0.15) is 36.0 Å². The molecule has 1 heterocycles. The molecule has 0 bridgehead atoms. The van der Waals surface area contributed by atoms with E-state index >= 15 is 0 Å². The summed E-state index contributed by atoms with van der Waals surface area (Å²) < 4.78 is 40.8. The molecule has 30 heavy (non-hydrogen) atoms. The van der Waals surface area contributed by atoms with E-state index < -0.39 is 18.0 Å². The van der Waals surface area contributed by atoms with Gasteiger partial charge in [0.1, 0.15) is 5.75 Å². The second kappa shape index (κ2) is 8.45. The number of benzene rings is 1. The van der Waals surface area contributed by atoms with Crippen molar-refractivity contribution in [1.29, 1.82) is 0 Å². The Hall–Kier alpha value is -2.29. The number of carbonyl (C=O) groups excluding carboxylic acids is 2. The van der Waals surface area contributed by atoms with E-state index in [2.05, 4.69) is 20.3 Å². The van der Waals surface area contributed by atoms with E-state index in [9.17, 15) is 22.8 Å². The number of fused-ring (bicyclic) bond motifs is 1. The van der Waals surface area contributed by atoms with Crippen LogP contribution in [0.3, 0.4) is 0 Å². The maximum Gasteiger partial charge on any atom is 0.573 e. The lowest BCUT2D eigenvalue weighted by Gasteiger charge is -2.20. The topological polar surface area (TPSA) is 70.7 Å². The lowest BCUT2D eigenvalue weighted by Crippen LogP contribution is -2.41. The summed E-state index contributed by atoms with van der Waals surface area (Å²) in [4.78, 5) is 26.6. The van der Waals surface area contributed by atoms with Gasteiger partial charge in [-0.3, -0.25) is 14.5 Å². The normalized spacial score (nSPS) is 26.3. The van der Waals surface area contributed by atoms with Crippen molar-refractivity contribution >= 4 is 11.8 Å². The molecule has 2 saturated carbocycles. The van der Waals surface area contributed by atoms with Crippen LogP contribution in [0.5, 0.6) is 5.75 Å². The Labute approximate surface area is 173 Å². The van der Waals surface area contributed by atoms with Crippen molar-refractivity contribution in [2.24, 2.45) is 17.8 Å². The fourth-order valence-corrected chi connectivity index (χ4v) is 4.86. The van der Waals surface area contributed by atoms with Gasteiger partial charge in [0.25, 0.3) is 5.91 Å². The number of ether oxygens (including phenoxy) is 1. The average Bonchev–Trinajstić information content (AvgIpc) is 3.04. The summed E-state index contributed by atoms with van der Waals surface area (Å²) >= 11 is 0. The molecule has 1 aromatic rings. The summed E-state index contributed by atoms with van der Waals surface area (Å²) in [6.07, 6.45) is -0.272. The van der Waals surface area contributed by atoms with Crippen molar-refractivity contribution in [3.05, 3.63) is 29.8 Å². The SMILES string of the molecule is O=C(CN1CC2C(CNC(=O)c3cccc(OC(F)(F)F)c3)C2C1)NC1CCCC1. The van der Waals surface area contributed by atoms with E-state index in [4.69, 9.17) is 0 Å². The zero-order chi connectivity index (χ0) is 21.3. The molecule has 2 amide bonds. The molecule has 0 radical (unpaired) electrons. The Balaban J connectivity index is 1.18. The quantitative estimate of drug-likeness (QED) is 0.705. The number of hydrogen-bond donors (Lipinski definition) is 2. The number of rotatable bonds is 7. The number of nitrogens with one attached hydrogen (secondary N) is 2. The smallest absolute Gasteiger partial charge is 0.406 e. The van der Waals surface area contributed by atoms with Crippen LogP contribution < -0.4 is 15.4 Å². The highest BCUT2D eigenvalue weighted by molar-refractivity contribution is 5.94. The minimum atomic E-state index is -4.79. The molecule has 3 aliphatic rings. The zero-order valence-electron chi connectivity index (χ0n) is 16.6. The summed E-state index contributed by atoms with van der Waals surface area (Å²) in [5.41, 5.74) is 0.132. The predicted octanol–water partition coefficient (Wildman–Crippen LogP) is 2.55. The van der Waals surface area contributed by atoms with Crippen molar-refractivity contribution in [1.82, 2.24) is 15.5 Å². The Bertz CT molecular complexity index is 783. The first kappa shape index (κ1) is 21.0. The van der Waals surface area contributed by atoms with Gasteiger partial charge >= 0.3 is 6.36 Å². The molecular weight excluding hydrogens is 399 g/mol. The molecular formula is C21H26F3N3O3. The van der Waals surface area contributed by atoms with Gasteiger partial charge in [0.05, 0.1) is 6.54 Å². The van der Waals surface area contributed by atoms with E-state index in [1.807, 2.05) is 0 Å². The van der Waals surface area contributed by atoms with Gasteiger partial charge in [-0.05, 0) is 48.8 Å². The Morgan fingerprint density at radius 2 is 1.83 bits per heavy atom. The van der Waals surface area contributed by atoms with Crippen LogP contribution in [-0.4, -0.2) is 55.3 Å².